The van der Waals surface area contributed by atoms with Crippen molar-refractivity contribution in [2.24, 2.45) is 5.92 Å². The van der Waals surface area contributed by atoms with Crippen LogP contribution in [0.4, 0.5) is 0 Å². The van der Waals surface area contributed by atoms with Gasteiger partial charge in [-0.2, -0.15) is 0 Å². The second-order valence-corrected chi connectivity index (χ2v) is 5.18. The molecule has 1 aliphatic rings. The van der Waals surface area contributed by atoms with Crippen LogP contribution in [-0.2, 0) is 16.1 Å². The minimum absolute atomic E-state index is 0.0152. The van der Waals surface area contributed by atoms with E-state index in [0.717, 1.165) is 12.0 Å². The maximum absolute atomic E-state index is 12.5. The highest BCUT2D eigenvalue weighted by atomic mass is 16.5. The van der Waals surface area contributed by atoms with Crippen LogP contribution in [0.1, 0.15) is 29.3 Å². The van der Waals surface area contributed by atoms with Crippen molar-refractivity contribution in [2.75, 3.05) is 13.7 Å². The van der Waals surface area contributed by atoms with E-state index in [1.54, 1.807) is 25.3 Å². The van der Waals surface area contributed by atoms with Crippen LogP contribution >= 0.6 is 0 Å². The average Bonchev–Trinajstić information content (AvgIpc) is 2.80. The summed E-state index contributed by atoms with van der Waals surface area (Å²) in [4.78, 5) is 25.3. The first-order valence-electron chi connectivity index (χ1n) is 6.66. The number of hydrogen-bond donors (Lipinski definition) is 1. The molecule has 2 unspecified atom stereocenters. The zero-order chi connectivity index (χ0) is 14.7. The molecule has 1 aromatic rings. The van der Waals surface area contributed by atoms with Crippen LogP contribution in [0.2, 0.25) is 0 Å². The van der Waals surface area contributed by atoms with Gasteiger partial charge in [-0.3, -0.25) is 4.79 Å². The third kappa shape index (κ3) is 2.82. The molecule has 0 saturated carbocycles. The van der Waals surface area contributed by atoms with E-state index < -0.39 is 12.0 Å². The van der Waals surface area contributed by atoms with Crippen LogP contribution in [-0.4, -0.2) is 41.6 Å². The number of ether oxygens (including phenoxy) is 1. The minimum atomic E-state index is -0.934. The van der Waals surface area contributed by atoms with Crippen LogP contribution in [0, 0.1) is 5.92 Å². The van der Waals surface area contributed by atoms with Gasteiger partial charge in [-0.05, 0) is 30.0 Å². The van der Waals surface area contributed by atoms with E-state index >= 15 is 0 Å². The molecule has 0 radical (unpaired) electrons. The molecule has 1 heterocycles. The number of carbonyl (C=O) groups excluding carboxylic acids is 1. The molecular formula is C15H19NO4. The number of carboxylic acids is 1. The van der Waals surface area contributed by atoms with Crippen molar-refractivity contribution < 1.29 is 19.4 Å². The lowest BCUT2D eigenvalue weighted by molar-refractivity contribution is -0.142. The van der Waals surface area contributed by atoms with Gasteiger partial charge in [0.05, 0.1) is 6.61 Å². The lowest BCUT2D eigenvalue weighted by Crippen LogP contribution is -2.42. The van der Waals surface area contributed by atoms with Gasteiger partial charge in [0.2, 0.25) is 0 Å². The molecule has 20 heavy (non-hydrogen) atoms. The van der Waals surface area contributed by atoms with E-state index in [1.807, 2.05) is 13.0 Å². The van der Waals surface area contributed by atoms with Gasteiger partial charge < -0.3 is 14.7 Å². The number of methoxy groups -OCH3 is 1. The number of benzene rings is 1. The zero-order valence-electron chi connectivity index (χ0n) is 11.7. The van der Waals surface area contributed by atoms with Crippen LogP contribution < -0.4 is 0 Å². The van der Waals surface area contributed by atoms with E-state index in [1.165, 1.54) is 4.90 Å². The summed E-state index contributed by atoms with van der Waals surface area (Å²) < 4.78 is 5.05. The fourth-order valence-electron chi connectivity index (χ4n) is 2.68. The molecule has 1 aromatic carbocycles. The van der Waals surface area contributed by atoms with Crippen molar-refractivity contribution in [1.82, 2.24) is 4.90 Å². The van der Waals surface area contributed by atoms with E-state index in [4.69, 9.17) is 4.74 Å². The summed E-state index contributed by atoms with van der Waals surface area (Å²) in [6.07, 6.45) is 0.723. The van der Waals surface area contributed by atoms with Crippen LogP contribution in [0.3, 0.4) is 0 Å². The van der Waals surface area contributed by atoms with E-state index in [-0.39, 0.29) is 11.8 Å². The highest BCUT2D eigenvalue weighted by molar-refractivity contribution is 5.97. The first-order valence-corrected chi connectivity index (χ1v) is 6.66. The van der Waals surface area contributed by atoms with Gasteiger partial charge in [-0.25, -0.2) is 4.79 Å². The van der Waals surface area contributed by atoms with Gasteiger partial charge in [0, 0.05) is 19.2 Å². The van der Waals surface area contributed by atoms with Gasteiger partial charge in [-0.1, -0.05) is 19.1 Å². The lowest BCUT2D eigenvalue weighted by atomic mass is 10.0. The third-order valence-electron chi connectivity index (χ3n) is 3.70. The van der Waals surface area contributed by atoms with Crippen LogP contribution in [0.15, 0.2) is 24.3 Å². The smallest absolute Gasteiger partial charge is 0.326 e. The number of hydrogen-bond acceptors (Lipinski definition) is 3. The van der Waals surface area contributed by atoms with E-state index in [2.05, 4.69) is 0 Å². The summed E-state index contributed by atoms with van der Waals surface area (Å²) in [5.41, 5.74) is 1.41. The lowest BCUT2D eigenvalue weighted by Gasteiger charge is -2.23. The molecule has 1 N–H and O–H groups in total. The Hall–Kier alpha value is -1.88. The molecule has 1 amide bonds. The number of carboxylic acid groups (broad SMARTS) is 1. The first kappa shape index (κ1) is 14.5. The Bertz CT molecular complexity index is 514. The predicted molar refractivity (Wildman–Crippen MR) is 73.4 cm³/mol. The summed E-state index contributed by atoms with van der Waals surface area (Å²) in [5, 5.41) is 9.27. The summed E-state index contributed by atoms with van der Waals surface area (Å²) in [7, 11) is 1.59. The van der Waals surface area contributed by atoms with Crippen molar-refractivity contribution in [3.05, 3.63) is 35.4 Å². The number of likely N-dealkylation sites (tertiary alicyclic amines) is 1. The molecular weight excluding hydrogens is 258 g/mol. The highest BCUT2D eigenvalue weighted by Crippen LogP contribution is 2.26. The van der Waals surface area contributed by atoms with Crippen molar-refractivity contribution in [2.45, 2.75) is 26.0 Å². The Morgan fingerprint density at radius 2 is 2.20 bits per heavy atom. The predicted octanol–water partition coefficient (Wildman–Crippen LogP) is 1.77. The van der Waals surface area contributed by atoms with Gasteiger partial charge in [0.25, 0.3) is 5.91 Å². The molecule has 5 heteroatoms. The van der Waals surface area contributed by atoms with Crippen LogP contribution in [0.5, 0.6) is 0 Å². The Morgan fingerprint density at radius 1 is 1.45 bits per heavy atom. The topological polar surface area (TPSA) is 66.8 Å². The number of amides is 1. The first-order chi connectivity index (χ1) is 9.54. The number of rotatable bonds is 4. The molecule has 2 atom stereocenters. The SMILES string of the molecule is COCc1cccc(C(=O)N2CCC(C)C2C(=O)O)c1. The molecule has 2 rings (SSSR count). The van der Waals surface area contributed by atoms with Gasteiger partial charge in [-0.15, -0.1) is 0 Å². The molecule has 0 spiro atoms. The summed E-state index contributed by atoms with van der Waals surface area (Å²) in [5.74, 6) is -1.17. The molecule has 0 bridgehead atoms. The Morgan fingerprint density at radius 3 is 2.85 bits per heavy atom. The second-order valence-electron chi connectivity index (χ2n) is 5.18. The standard InChI is InChI=1S/C15H19NO4/c1-10-6-7-16(13(10)15(18)19)14(17)12-5-3-4-11(8-12)9-20-2/h3-5,8,10,13H,6-7,9H2,1-2H3,(H,18,19). The minimum Gasteiger partial charge on any atom is -0.480 e. The maximum atomic E-state index is 12.5. The maximum Gasteiger partial charge on any atom is 0.326 e. The Balaban J connectivity index is 2.22. The Kier molecular flexibility index (Phi) is 4.39. The number of aliphatic carboxylic acids is 1. The quantitative estimate of drug-likeness (QED) is 0.910. The monoisotopic (exact) mass is 277 g/mol. The fraction of sp³-hybridized carbons (Fsp3) is 0.467. The van der Waals surface area contributed by atoms with Crippen LogP contribution in [0.25, 0.3) is 0 Å². The molecule has 1 aliphatic heterocycles. The van der Waals surface area contributed by atoms with E-state index in [9.17, 15) is 14.7 Å². The van der Waals surface area contributed by atoms with Crippen molar-refractivity contribution in [1.29, 1.82) is 0 Å². The number of carbonyl (C=O) groups is 2. The number of nitrogens with zero attached hydrogens (tertiary/aromatic N) is 1. The summed E-state index contributed by atoms with van der Waals surface area (Å²) in [6, 6.07) is 6.41. The molecule has 1 saturated heterocycles. The second kappa shape index (κ2) is 6.05. The molecule has 108 valence electrons. The summed E-state index contributed by atoms with van der Waals surface area (Å²) >= 11 is 0. The largest absolute Gasteiger partial charge is 0.480 e. The Labute approximate surface area is 118 Å². The normalized spacial score (nSPS) is 22.0. The van der Waals surface area contributed by atoms with Crippen molar-refractivity contribution in [3.8, 4) is 0 Å². The van der Waals surface area contributed by atoms with Gasteiger partial charge in [0.1, 0.15) is 6.04 Å². The van der Waals surface area contributed by atoms with Crippen molar-refractivity contribution in [3.63, 3.8) is 0 Å². The zero-order valence-corrected chi connectivity index (χ0v) is 11.7. The van der Waals surface area contributed by atoms with E-state index in [0.29, 0.717) is 18.7 Å². The molecule has 0 aromatic heterocycles. The molecule has 5 nitrogen and oxygen atoms in total. The van der Waals surface area contributed by atoms with Crippen molar-refractivity contribution >= 4 is 11.9 Å². The summed E-state index contributed by atoms with van der Waals surface area (Å²) in [6.45, 7) is 2.79. The van der Waals surface area contributed by atoms with Gasteiger partial charge >= 0.3 is 5.97 Å². The third-order valence-corrected chi connectivity index (χ3v) is 3.70. The van der Waals surface area contributed by atoms with Gasteiger partial charge in [0.15, 0.2) is 0 Å². The average molecular weight is 277 g/mol. The molecule has 0 aliphatic carbocycles. The molecule has 1 fully saturated rings. The fourth-order valence-corrected chi connectivity index (χ4v) is 2.68. The highest BCUT2D eigenvalue weighted by Gasteiger charge is 2.39.